The fourth-order valence-corrected chi connectivity index (χ4v) is 3.28. The lowest BCUT2D eigenvalue weighted by Gasteiger charge is -2.30. The third-order valence-corrected chi connectivity index (χ3v) is 4.66. The standard InChI is InChI=1S/C14H24O/c1-4-10-7-5-6-8-11(10)13(15)12-9-14(12,2)3/h10-12H,4-9H2,1-3H3. The summed E-state index contributed by atoms with van der Waals surface area (Å²) >= 11 is 0. The van der Waals surface area contributed by atoms with E-state index in [1.54, 1.807) is 0 Å². The van der Waals surface area contributed by atoms with E-state index in [9.17, 15) is 4.79 Å². The lowest BCUT2D eigenvalue weighted by molar-refractivity contribution is -0.127. The van der Waals surface area contributed by atoms with Gasteiger partial charge in [-0.3, -0.25) is 4.79 Å². The molecule has 0 heterocycles. The van der Waals surface area contributed by atoms with E-state index in [0.29, 0.717) is 29.0 Å². The summed E-state index contributed by atoms with van der Waals surface area (Å²) in [5.41, 5.74) is 0.326. The Bertz CT molecular complexity index is 254. The maximum absolute atomic E-state index is 12.3. The first-order valence-corrected chi connectivity index (χ1v) is 6.60. The Morgan fingerprint density at radius 2 is 1.87 bits per heavy atom. The van der Waals surface area contributed by atoms with Gasteiger partial charge in [0.1, 0.15) is 5.78 Å². The minimum Gasteiger partial charge on any atom is -0.299 e. The summed E-state index contributed by atoms with van der Waals surface area (Å²) in [5.74, 6) is 2.11. The van der Waals surface area contributed by atoms with E-state index in [-0.39, 0.29) is 0 Å². The van der Waals surface area contributed by atoms with Crippen molar-refractivity contribution in [3.05, 3.63) is 0 Å². The fourth-order valence-electron chi connectivity index (χ4n) is 3.28. The van der Waals surface area contributed by atoms with Crippen LogP contribution in [0.3, 0.4) is 0 Å². The minimum atomic E-state index is 0.326. The summed E-state index contributed by atoms with van der Waals surface area (Å²) in [6.45, 7) is 6.72. The van der Waals surface area contributed by atoms with E-state index in [4.69, 9.17) is 0 Å². The van der Waals surface area contributed by atoms with Gasteiger partial charge >= 0.3 is 0 Å². The van der Waals surface area contributed by atoms with Crippen molar-refractivity contribution in [2.45, 2.75) is 59.3 Å². The first-order valence-electron chi connectivity index (χ1n) is 6.60. The molecule has 0 aromatic carbocycles. The molecule has 2 aliphatic rings. The maximum Gasteiger partial charge on any atom is 0.139 e. The van der Waals surface area contributed by atoms with Crippen LogP contribution in [0.5, 0.6) is 0 Å². The molecule has 0 N–H and O–H groups in total. The van der Waals surface area contributed by atoms with Crippen LogP contribution in [-0.4, -0.2) is 5.78 Å². The van der Waals surface area contributed by atoms with Crippen LogP contribution in [0.2, 0.25) is 0 Å². The lowest BCUT2D eigenvalue weighted by atomic mass is 9.74. The number of hydrogen-bond acceptors (Lipinski definition) is 1. The molecule has 15 heavy (non-hydrogen) atoms. The number of carbonyl (C=O) groups excluding carboxylic acids is 1. The Labute approximate surface area is 93.6 Å². The zero-order valence-corrected chi connectivity index (χ0v) is 10.4. The van der Waals surface area contributed by atoms with Crippen molar-refractivity contribution in [2.75, 3.05) is 0 Å². The maximum atomic E-state index is 12.3. The Morgan fingerprint density at radius 3 is 2.40 bits per heavy atom. The van der Waals surface area contributed by atoms with Crippen LogP contribution in [0.1, 0.15) is 59.3 Å². The van der Waals surface area contributed by atoms with Crippen LogP contribution in [0.25, 0.3) is 0 Å². The van der Waals surface area contributed by atoms with Gasteiger partial charge in [0.25, 0.3) is 0 Å². The van der Waals surface area contributed by atoms with Crippen LogP contribution < -0.4 is 0 Å². The van der Waals surface area contributed by atoms with E-state index in [1.165, 1.54) is 32.1 Å². The zero-order valence-electron chi connectivity index (χ0n) is 10.4. The normalized spacial score (nSPS) is 38.7. The molecule has 1 nitrogen and oxygen atoms in total. The summed E-state index contributed by atoms with van der Waals surface area (Å²) in [5, 5.41) is 0. The summed E-state index contributed by atoms with van der Waals surface area (Å²) < 4.78 is 0. The first-order chi connectivity index (χ1) is 7.06. The third-order valence-electron chi connectivity index (χ3n) is 4.66. The predicted molar refractivity (Wildman–Crippen MR) is 62.6 cm³/mol. The molecule has 2 aliphatic carbocycles. The largest absolute Gasteiger partial charge is 0.299 e. The second kappa shape index (κ2) is 3.92. The lowest BCUT2D eigenvalue weighted by Crippen LogP contribution is -2.29. The highest BCUT2D eigenvalue weighted by Crippen LogP contribution is 2.54. The minimum absolute atomic E-state index is 0.326. The number of carbonyl (C=O) groups is 1. The summed E-state index contributed by atoms with van der Waals surface area (Å²) in [4.78, 5) is 12.3. The Morgan fingerprint density at radius 1 is 1.27 bits per heavy atom. The van der Waals surface area contributed by atoms with Crippen molar-refractivity contribution in [3.8, 4) is 0 Å². The van der Waals surface area contributed by atoms with E-state index in [0.717, 1.165) is 6.42 Å². The molecular weight excluding hydrogens is 184 g/mol. The second-order valence-corrected chi connectivity index (χ2v) is 6.21. The number of ketones is 1. The molecule has 0 aliphatic heterocycles. The van der Waals surface area contributed by atoms with Crippen LogP contribution in [-0.2, 0) is 4.79 Å². The highest BCUT2D eigenvalue weighted by molar-refractivity contribution is 5.87. The smallest absolute Gasteiger partial charge is 0.139 e. The summed E-state index contributed by atoms with van der Waals surface area (Å²) in [7, 11) is 0. The van der Waals surface area contributed by atoms with Gasteiger partial charge in [-0.2, -0.15) is 0 Å². The van der Waals surface area contributed by atoms with Crippen LogP contribution in [0.15, 0.2) is 0 Å². The van der Waals surface area contributed by atoms with Gasteiger partial charge in [0.15, 0.2) is 0 Å². The van der Waals surface area contributed by atoms with Gasteiger partial charge in [-0.05, 0) is 30.6 Å². The van der Waals surface area contributed by atoms with Gasteiger partial charge in [-0.15, -0.1) is 0 Å². The quantitative estimate of drug-likeness (QED) is 0.689. The molecule has 0 aromatic heterocycles. The summed E-state index contributed by atoms with van der Waals surface area (Å²) in [6.07, 6.45) is 7.42. The molecule has 0 radical (unpaired) electrons. The predicted octanol–water partition coefficient (Wildman–Crippen LogP) is 3.82. The summed E-state index contributed by atoms with van der Waals surface area (Å²) in [6, 6.07) is 0. The van der Waals surface area contributed by atoms with Crippen LogP contribution in [0, 0.1) is 23.2 Å². The number of rotatable bonds is 3. The highest BCUT2D eigenvalue weighted by Gasteiger charge is 2.52. The molecule has 2 saturated carbocycles. The highest BCUT2D eigenvalue weighted by atomic mass is 16.1. The third kappa shape index (κ3) is 2.11. The number of hydrogen-bond donors (Lipinski definition) is 0. The monoisotopic (exact) mass is 208 g/mol. The van der Waals surface area contributed by atoms with Crippen molar-refractivity contribution < 1.29 is 4.79 Å². The first kappa shape index (κ1) is 11.2. The molecule has 3 unspecified atom stereocenters. The van der Waals surface area contributed by atoms with E-state index in [1.807, 2.05) is 0 Å². The van der Waals surface area contributed by atoms with Gasteiger partial charge in [0.2, 0.25) is 0 Å². The van der Waals surface area contributed by atoms with Crippen molar-refractivity contribution >= 4 is 5.78 Å². The zero-order chi connectivity index (χ0) is 11.1. The van der Waals surface area contributed by atoms with Crippen LogP contribution in [0.4, 0.5) is 0 Å². The van der Waals surface area contributed by atoms with Crippen molar-refractivity contribution in [1.82, 2.24) is 0 Å². The molecule has 2 fully saturated rings. The Kier molecular flexibility index (Phi) is 2.92. The molecule has 0 spiro atoms. The van der Waals surface area contributed by atoms with Crippen LogP contribution >= 0.6 is 0 Å². The van der Waals surface area contributed by atoms with Gasteiger partial charge < -0.3 is 0 Å². The molecular formula is C14H24O. The molecule has 1 heteroatoms. The molecule has 0 amide bonds. The van der Waals surface area contributed by atoms with Gasteiger partial charge in [-0.25, -0.2) is 0 Å². The van der Waals surface area contributed by atoms with Crippen molar-refractivity contribution in [3.63, 3.8) is 0 Å². The number of Topliss-reactive ketones (excluding diaryl/α,β-unsaturated/α-hetero) is 1. The Balaban J connectivity index is 1.99. The molecule has 2 rings (SSSR count). The van der Waals surface area contributed by atoms with E-state index >= 15 is 0 Å². The Hall–Kier alpha value is -0.330. The molecule has 3 atom stereocenters. The van der Waals surface area contributed by atoms with Crippen molar-refractivity contribution in [2.24, 2.45) is 23.2 Å². The molecule has 0 bridgehead atoms. The molecule has 86 valence electrons. The van der Waals surface area contributed by atoms with Crippen molar-refractivity contribution in [1.29, 1.82) is 0 Å². The molecule has 0 saturated heterocycles. The topological polar surface area (TPSA) is 17.1 Å². The molecule has 0 aromatic rings. The van der Waals surface area contributed by atoms with E-state index < -0.39 is 0 Å². The van der Waals surface area contributed by atoms with Gasteiger partial charge in [-0.1, -0.05) is 40.0 Å². The fraction of sp³-hybridized carbons (Fsp3) is 0.929. The SMILES string of the molecule is CCC1CCCCC1C(=O)C1CC1(C)C. The average Bonchev–Trinajstić information content (AvgIpc) is 2.86. The second-order valence-electron chi connectivity index (χ2n) is 6.21. The van der Waals surface area contributed by atoms with E-state index in [2.05, 4.69) is 20.8 Å². The average molecular weight is 208 g/mol. The van der Waals surface area contributed by atoms with Gasteiger partial charge in [0, 0.05) is 11.8 Å². The van der Waals surface area contributed by atoms with Gasteiger partial charge in [0.05, 0.1) is 0 Å².